The Morgan fingerprint density at radius 3 is 2.52 bits per heavy atom. The van der Waals surface area contributed by atoms with E-state index in [4.69, 9.17) is 0 Å². The molecule has 1 amide bonds. The quantitative estimate of drug-likeness (QED) is 0.850. The minimum Gasteiger partial charge on any atom is -0.508 e. The fourth-order valence-corrected chi connectivity index (χ4v) is 4.92. The summed E-state index contributed by atoms with van der Waals surface area (Å²) in [7, 11) is 0. The molecule has 2 atom stereocenters. The molecule has 1 aliphatic heterocycles. The van der Waals surface area contributed by atoms with Gasteiger partial charge in [-0.2, -0.15) is 0 Å². The van der Waals surface area contributed by atoms with E-state index >= 15 is 0 Å². The van der Waals surface area contributed by atoms with Gasteiger partial charge in [0.25, 0.3) is 5.91 Å². The Balaban J connectivity index is 1.81. The Morgan fingerprint density at radius 1 is 1.08 bits per heavy atom. The Kier molecular flexibility index (Phi) is 3.47. The van der Waals surface area contributed by atoms with Gasteiger partial charge < -0.3 is 10.0 Å². The number of hydrogen-bond acceptors (Lipinski definition) is 2. The van der Waals surface area contributed by atoms with E-state index in [-0.39, 0.29) is 22.8 Å². The summed E-state index contributed by atoms with van der Waals surface area (Å²) in [5, 5.41) is 10.4. The van der Waals surface area contributed by atoms with Crippen molar-refractivity contribution in [1.29, 1.82) is 0 Å². The van der Waals surface area contributed by atoms with E-state index in [2.05, 4.69) is 26.8 Å². The van der Waals surface area contributed by atoms with Crippen molar-refractivity contribution >= 4 is 5.91 Å². The predicted molar refractivity (Wildman–Crippen MR) is 98.8 cm³/mol. The van der Waals surface area contributed by atoms with Gasteiger partial charge in [0.1, 0.15) is 5.75 Å². The highest BCUT2D eigenvalue weighted by Gasteiger charge is 2.57. The van der Waals surface area contributed by atoms with Gasteiger partial charge in [0, 0.05) is 23.6 Å². The van der Waals surface area contributed by atoms with Gasteiger partial charge in [-0.25, -0.2) is 0 Å². The standard InChI is InChI=1S/C22H25NO2/c1-21(2)19-14-16-17(10-7-11-18(16)24)22(21,3)12-13-23(19)20(25)15-8-5-4-6-9-15/h4-11,19,24H,12-14H2,1-3H3/t19-,22+/m1/s1. The Labute approximate surface area is 149 Å². The zero-order valence-electron chi connectivity index (χ0n) is 15.1. The average molecular weight is 335 g/mol. The Hall–Kier alpha value is -2.29. The summed E-state index contributed by atoms with van der Waals surface area (Å²) in [4.78, 5) is 15.2. The van der Waals surface area contributed by atoms with Crippen LogP contribution in [0.4, 0.5) is 0 Å². The number of likely N-dealkylation sites (tertiary alicyclic amines) is 1. The molecule has 2 aliphatic rings. The summed E-state index contributed by atoms with van der Waals surface area (Å²) in [6.45, 7) is 7.60. The van der Waals surface area contributed by atoms with E-state index in [1.165, 1.54) is 5.56 Å². The maximum Gasteiger partial charge on any atom is 0.254 e. The van der Waals surface area contributed by atoms with Crippen molar-refractivity contribution in [2.45, 2.75) is 45.1 Å². The van der Waals surface area contributed by atoms with E-state index < -0.39 is 0 Å². The lowest BCUT2D eigenvalue weighted by molar-refractivity contribution is -0.0266. The molecular weight excluding hydrogens is 310 g/mol. The second kappa shape index (κ2) is 5.35. The van der Waals surface area contributed by atoms with Crippen LogP contribution in [0.25, 0.3) is 0 Å². The molecule has 0 radical (unpaired) electrons. The van der Waals surface area contributed by atoms with Crippen LogP contribution in [0.15, 0.2) is 48.5 Å². The number of phenols is 1. The SMILES string of the molecule is CC1(C)[C@H]2Cc3c(O)cccc3[C@]1(C)CCN2C(=O)c1ccccc1. The van der Waals surface area contributed by atoms with Gasteiger partial charge in [0.15, 0.2) is 0 Å². The van der Waals surface area contributed by atoms with Crippen molar-refractivity contribution in [2.24, 2.45) is 5.41 Å². The number of benzene rings is 2. The molecule has 4 rings (SSSR count). The first-order valence-corrected chi connectivity index (χ1v) is 9.03. The van der Waals surface area contributed by atoms with Crippen molar-refractivity contribution in [1.82, 2.24) is 4.90 Å². The third kappa shape index (κ3) is 2.14. The second-order valence-electron chi connectivity index (χ2n) is 8.19. The number of carbonyl (C=O) groups is 1. The number of hydrogen-bond donors (Lipinski definition) is 1. The lowest BCUT2D eigenvalue weighted by atomic mass is 9.51. The minimum atomic E-state index is -0.0590. The number of phenolic OH excluding ortho intramolecular Hbond substituents is 1. The second-order valence-corrected chi connectivity index (χ2v) is 8.19. The number of piperidine rings is 1. The number of carbonyl (C=O) groups excluding carboxylic acids is 1. The van der Waals surface area contributed by atoms with E-state index in [9.17, 15) is 9.90 Å². The van der Waals surface area contributed by atoms with Crippen LogP contribution in [0, 0.1) is 5.41 Å². The molecule has 25 heavy (non-hydrogen) atoms. The topological polar surface area (TPSA) is 40.5 Å². The first-order valence-electron chi connectivity index (χ1n) is 9.03. The molecule has 0 aromatic heterocycles. The van der Waals surface area contributed by atoms with Gasteiger partial charge in [0.2, 0.25) is 0 Å². The Morgan fingerprint density at radius 2 is 1.80 bits per heavy atom. The summed E-state index contributed by atoms with van der Waals surface area (Å²) in [5.74, 6) is 0.456. The first kappa shape index (κ1) is 16.2. The van der Waals surface area contributed by atoms with Crippen LogP contribution < -0.4 is 0 Å². The summed E-state index contributed by atoms with van der Waals surface area (Å²) < 4.78 is 0. The maximum absolute atomic E-state index is 13.2. The van der Waals surface area contributed by atoms with Crippen LogP contribution in [0.3, 0.4) is 0 Å². The highest BCUT2D eigenvalue weighted by molar-refractivity contribution is 5.94. The first-order chi connectivity index (χ1) is 11.9. The van der Waals surface area contributed by atoms with Gasteiger partial charge in [-0.05, 0) is 47.6 Å². The highest BCUT2D eigenvalue weighted by Crippen LogP contribution is 2.57. The molecule has 1 fully saturated rings. The van der Waals surface area contributed by atoms with Crippen molar-refractivity contribution < 1.29 is 9.90 Å². The van der Waals surface area contributed by atoms with Crippen LogP contribution in [0.2, 0.25) is 0 Å². The van der Waals surface area contributed by atoms with Crippen LogP contribution in [-0.2, 0) is 11.8 Å². The zero-order chi connectivity index (χ0) is 17.8. The van der Waals surface area contributed by atoms with Gasteiger partial charge in [-0.15, -0.1) is 0 Å². The minimum absolute atomic E-state index is 0.0442. The van der Waals surface area contributed by atoms with Crippen LogP contribution >= 0.6 is 0 Å². The monoisotopic (exact) mass is 335 g/mol. The third-order valence-electron chi connectivity index (χ3n) is 6.91. The fraction of sp³-hybridized carbons (Fsp3) is 0.409. The molecule has 130 valence electrons. The summed E-state index contributed by atoms with van der Waals surface area (Å²) in [6, 6.07) is 15.5. The highest BCUT2D eigenvalue weighted by atomic mass is 16.3. The number of rotatable bonds is 1. The average Bonchev–Trinajstić information content (AvgIpc) is 2.59. The molecule has 0 unspecified atom stereocenters. The zero-order valence-corrected chi connectivity index (χ0v) is 15.1. The largest absolute Gasteiger partial charge is 0.508 e. The van der Waals surface area contributed by atoms with Crippen molar-refractivity contribution in [2.75, 3.05) is 6.54 Å². The normalized spacial score (nSPS) is 26.8. The number of amides is 1. The number of aromatic hydroxyl groups is 1. The van der Waals surface area contributed by atoms with Crippen LogP contribution in [0.5, 0.6) is 5.75 Å². The molecule has 1 aliphatic carbocycles. The van der Waals surface area contributed by atoms with Crippen LogP contribution in [0.1, 0.15) is 48.7 Å². The lowest BCUT2D eigenvalue weighted by Crippen LogP contribution is -2.64. The van der Waals surface area contributed by atoms with Gasteiger partial charge in [-0.1, -0.05) is 51.1 Å². The third-order valence-corrected chi connectivity index (χ3v) is 6.91. The molecule has 2 aromatic rings. The van der Waals surface area contributed by atoms with Crippen molar-refractivity contribution in [3.8, 4) is 5.75 Å². The molecule has 3 heteroatoms. The van der Waals surface area contributed by atoms with Gasteiger partial charge in [-0.3, -0.25) is 4.79 Å². The van der Waals surface area contributed by atoms with E-state index in [1.54, 1.807) is 6.07 Å². The molecule has 2 aromatic carbocycles. The summed E-state index contributed by atoms with van der Waals surface area (Å²) in [5.41, 5.74) is 2.90. The Bertz CT molecular complexity index is 827. The molecular formula is C22H25NO2. The van der Waals surface area contributed by atoms with Gasteiger partial charge in [0.05, 0.1) is 0 Å². The van der Waals surface area contributed by atoms with E-state index in [1.807, 2.05) is 41.3 Å². The number of nitrogens with zero attached hydrogens (tertiary/aromatic N) is 1. The maximum atomic E-state index is 13.2. The molecule has 2 bridgehead atoms. The smallest absolute Gasteiger partial charge is 0.254 e. The summed E-state index contributed by atoms with van der Waals surface area (Å²) >= 11 is 0. The molecule has 1 saturated heterocycles. The summed E-state index contributed by atoms with van der Waals surface area (Å²) in [6.07, 6.45) is 1.62. The van der Waals surface area contributed by atoms with E-state index in [0.29, 0.717) is 12.2 Å². The molecule has 0 spiro atoms. The fourth-order valence-electron chi connectivity index (χ4n) is 4.92. The van der Waals surface area contributed by atoms with Crippen molar-refractivity contribution in [3.05, 3.63) is 65.2 Å². The van der Waals surface area contributed by atoms with Gasteiger partial charge >= 0.3 is 0 Å². The van der Waals surface area contributed by atoms with Crippen molar-refractivity contribution in [3.63, 3.8) is 0 Å². The molecule has 1 heterocycles. The molecule has 0 saturated carbocycles. The van der Waals surface area contributed by atoms with Crippen LogP contribution in [-0.4, -0.2) is 28.5 Å². The molecule has 3 nitrogen and oxygen atoms in total. The van der Waals surface area contributed by atoms with E-state index in [0.717, 1.165) is 24.1 Å². The number of fused-ring (bicyclic) bond motifs is 4. The molecule has 1 N–H and O–H groups in total. The lowest BCUT2D eigenvalue weighted by Gasteiger charge is -2.60. The predicted octanol–water partition coefficient (Wildman–Crippen LogP) is 4.15.